The summed E-state index contributed by atoms with van der Waals surface area (Å²) >= 11 is 0. The van der Waals surface area contributed by atoms with Gasteiger partial charge in [0.25, 0.3) is 5.69 Å². The number of rotatable bonds is 17. The van der Waals surface area contributed by atoms with Crippen molar-refractivity contribution in [2.24, 2.45) is 0 Å². The number of pyridine rings is 1. The van der Waals surface area contributed by atoms with Crippen molar-refractivity contribution in [1.29, 1.82) is 0 Å². The van der Waals surface area contributed by atoms with E-state index in [2.05, 4.69) is 53.6 Å². The summed E-state index contributed by atoms with van der Waals surface area (Å²) in [6.45, 7) is 8.75. The molecule has 1 aliphatic heterocycles. The maximum Gasteiger partial charge on any atom is 0.336 e. The van der Waals surface area contributed by atoms with Gasteiger partial charge < -0.3 is 19.5 Å². The van der Waals surface area contributed by atoms with Gasteiger partial charge in [-0.05, 0) is 87.3 Å². The van der Waals surface area contributed by atoms with Gasteiger partial charge in [-0.1, -0.05) is 55.0 Å². The molecule has 0 bridgehead atoms. The Morgan fingerprint density at radius 3 is 2.24 bits per heavy atom. The van der Waals surface area contributed by atoms with E-state index in [4.69, 9.17) is 14.2 Å². The molecular weight excluding hydrogens is 622 g/mol. The van der Waals surface area contributed by atoms with Gasteiger partial charge in [0, 0.05) is 42.5 Å². The Balaban J connectivity index is 1.21. The van der Waals surface area contributed by atoms with E-state index in [0.29, 0.717) is 36.6 Å². The number of non-ortho nitro benzene ring substituents is 1. The zero-order valence-corrected chi connectivity index (χ0v) is 28.7. The number of nitro benzene ring substituents is 1. The molecule has 10 heteroatoms. The minimum absolute atomic E-state index is 0.139. The highest BCUT2D eigenvalue weighted by Gasteiger charge is 2.38. The van der Waals surface area contributed by atoms with Gasteiger partial charge in [-0.25, -0.2) is 9.59 Å². The Kier molecular flexibility index (Phi) is 13.8. The van der Waals surface area contributed by atoms with Crippen LogP contribution in [0.25, 0.3) is 6.08 Å². The molecule has 1 atom stereocenters. The molecule has 258 valence electrons. The molecule has 1 N–H and O–H groups in total. The van der Waals surface area contributed by atoms with Crippen molar-refractivity contribution in [3.05, 3.63) is 134 Å². The minimum atomic E-state index is -0.876. The maximum absolute atomic E-state index is 13.4. The van der Waals surface area contributed by atoms with E-state index in [9.17, 15) is 19.7 Å². The van der Waals surface area contributed by atoms with E-state index in [0.717, 1.165) is 36.8 Å². The van der Waals surface area contributed by atoms with Crippen LogP contribution in [-0.2, 0) is 30.2 Å². The van der Waals surface area contributed by atoms with Crippen molar-refractivity contribution in [1.82, 2.24) is 10.3 Å². The second-order valence-electron chi connectivity index (χ2n) is 12.1. The van der Waals surface area contributed by atoms with Gasteiger partial charge in [-0.2, -0.15) is 0 Å². The first kappa shape index (κ1) is 36.7. The van der Waals surface area contributed by atoms with Crippen LogP contribution in [0.3, 0.4) is 0 Å². The highest BCUT2D eigenvalue weighted by atomic mass is 16.6. The third-order valence-electron chi connectivity index (χ3n) is 8.16. The monoisotopic (exact) mass is 667 g/mol. The summed E-state index contributed by atoms with van der Waals surface area (Å²) in [5.41, 5.74) is 6.50. The highest BCUT2D eigenvalue weighted by molar-refractivity contribution is 6.00. The molecule has 1 aliphatic rings. The summed E-state index contributed by atoms with van der Waals surface area (Å²) in [6, 6.07) is 18.5. The second kappa shape index (κ2) is 18.5. The number of hydrogen-bond acceptors (Lipinski definition) is 9. The van der Waals surface area contributed by atoms with Crippen LogP contribution < -0.4 is 5.32 Å². The lowest BCUT2D eigenvalue weighted by Crippen LogP contribution is -2.32. The van der Waals surface area contributed by atoms with Crippen molar-refractivity contribution in [3.63, 3.8) is 0 Å². The molecule has 0 spiro atoms. The predicted molar refractivity (Wildman–Crippen MR) is 188 cm³/mol. The van der Waals surface area contributed by atoms with Gasteiger partial charge in [0.05, 0.1) is 41.8 Å². The molecule has 4 rings (SSSR count). The number of unbranched alkanes of at least 4 members (excludes halogenated alkanes) is 3. The lowest BCUT2D eigenvalue weighted by Gasteiger charge is -2.30. The van der Waals surface area contributed by atoms with Gasteiger partial charge in [0.15, 0.2) is 0 Å². The average Bonchev–Trinajstić information content (AvgIpc) is 3.08. The van der Waals surface area contributed by atoms with E-state index in [1.165, 1.54) is 29.3 Å². The predicted octanol–water partition coefficient (Wildman–Crippen LogP) is 7.60. The molecule has 0 radical (unpaired) electrons. The van der Waals surface area contributed by atoms with Crippen molar-refractivity contribution in [2.75, 3.05) is 26.4 Å². The normalized spacial score (nSPS) is 14.8. The molecule has 0 saturated heterocycles. The highest BCUT2D eigenvalue weighted by Crippen LogP contribution is 2.40. The van der Waals surface area contributed by atoms with Crippen molar-refractivity contribution in [2.45, 2.75) is 65.7 Å². The Labute approximate surface area is 288 Å². The molecule has 2 aromatic carbocycles. The molecule has 2 heterocycles. The summed E-state index contributed by atoms with van der Waals surface area (Å²) in [5.74, 6) is -2.05. The van der Waals surface area contributed by atoms with Crippen LogP contribution in [0.4, 0.5) is 5.69 Å². The van der Waals surface area contributed by atoms with E-state index in [1.807, 2.05) is 12.3 Å². The Morgan fingerprint density at radius 2 is 1.59 bits per heavy atom. The first-order chi connectivity index (χ1) is 23.7. The summed E-state index contributed by atoms with van der Waals surface area (Å²) in [5, 5.41) is 14.6. The van der Waals surface area contributed by atoms with Crippen LogP contribution in [0, 0.1) is 10.1 Å². The molecule has 49 heavy (non-hydrogen) atoms. The molecule has 3 aromatic rings. The van der Waals surface area contributed by atoms with Crippen LogP contribution in [0.5, 0.6) is 0 Å². The molecule has 0 amide bonds. The number of allylic oxidation sites excluding steroid dienone is 2. The smallest absolute Gasteiger partial charge is 0.336 e. The van der Waals surface area contributed by atoms with E-state index < -0.39 is 22.8 Å². The number of ether oxygens (including phenoxy) is 3. The minimum Gasteiger partial charge on any atom is -0.463 e. The molecular formula is C39H45N3O7. The average molecular weight is 668 g/mol. The summed E-state index contributed by atoms with van der Waals surface area (Å²) in [7, 11) is 0. The molecule has 0 fully saturated rings. The molecule has 10 nitrogen and oxygen atoms in total. The lowest BCUT2D eigenvalue weighted by molar-refractivity contribution is -0.384. The number of nitrogens with zero attached hydrogens (tertiary/aromatic N) is 2. The lowest BCUT2D eigenvalue weighted by atomic mass is 9.80. The number of carbonyl (C=O) groups is 2. The van der Waals surface area contributed by atoms with E-state index in [1.54, 1.807) is 33.0 Å². The number of esters is 2. The maximum atomic E-state index is 13.4. The van der Waals surface area contributed by atoms with Crippen LogP contribution in [0.15, 0.2) is 101 Å². The van der Waals surface area contributed by atoms with Crippen LogP contribution in [0.2, 0.25) is 0 Å². The van der Waals surface area contributed by atoms with Gasteiger partial charge >= 0.3 is 11.9 Å². The van der Waals surface area contributed by atoms with Crippen molar-refractivity contribution >= 4 is 23.7 Å². The number of nitro groups is 1. The fourth-order valence-electron chi connectivity index (χ4n) is 5.83. The van der Waals surface area contributed by atoms with Crippen LogP contribution in [-0.4, -0.2) is 48.3 Å². The number of nitrogens with one attached hydrogen (secondary N) is 1. The van der Waals surface area contributed by atoms with Gasteiger partial charge in [0.1, 0.15) is 0 Å². The third-order valence-corrected chi connectivity index (χ3v) is 8.16. The van der Waals surface area contributed by atoms with Crippen molar-refractivity contribution < 1.29 is 28.7 Å². The van der Waals surface area contributed by atoms with Crippen LogP contribution in [0.1, 0.15) is 81.5 Å². The number of dihydropyridines is 1. The van der Waals surface area contributed by atoms with Gasteiger partial charge in [-0.3, -0.25) is 15.1 Å². The first-order valence-electron chi connectivity index (χ1n) is 16.7. The zero-order valence-electron chi connectivity index (χ0n) is 28.7. The van der Waals surface area contributed by atoms with Crippen LogP contribution >= 0.6 is 0 Å². The van der Waals surface area contributed by atoms with Gasteiger partial charge in [-0.15, -0.1) is 0 Å². The fourth-order valence-corrected chi connectivity index (χ4v) is 5.83. The largest absolute Gasteiger partial charge is 0.463 e. The number of carbonyl (C=O) groups excluding carboxylic acids is 2. The standard InChI is InChI=1S/C39H45N3O7/c1-5-48-38(43)35-28(3)41-29(4)36(37(35)33-13-10-14-34(24-33)42(45)46)39(44)49-21-9-7-6-8-20-47-26-27(2)22-30-15-17-31(18-16-30)23-32-12-11-19-40-25-32/h10-19,22,24-25,37,41H,5-9,20-21,23,26H2,1-4H3/b27-22+. The zero-order chi connectivity index (χ0) is 35.2. The molecule has 0 aliphatic carbocycles. The topological polar surface area (TPSA) is 130 Å². The summed E-state index contributed by atoms with van der Waals surface area (Å²) in [6.07, 6.45) is 10.0. The second-order valence-corrected chi connectivity index (χ2v) is 12.1. The number of benzene rings is 2. The SMILES string of the molecule is CCOC(=O)C1=C(C)NC(C)=C(C(=O)OCCCCCCOC/C(C)=C/c2ccc(Cc3cccnc3)cc2)C1c1cccc([N+](=O)[O-])c1. The third kappa shape index (κ3) is 10.7. The summed E-state index contributed by atoms with van der Waals surface area (Å²) < 4.78 is 16.8. The van der Waals surface area contributed by atoms with E-state index >= 15 is 0 Å². The fraction of sp³-hybridized carbons (Fsp3) is 0.359. The quantitative estimate of drug-likeness (QED) is 0.0669. The summed E-state index contributed by atoms with van der Waals surface area (Å²) in [4.78, 5) is 41.7. The number of hydrogen-bond donors (Lipinski definition) is 1. The molecule has 1 aromatic heterocycles. The molecule has 1 unspecified atom stereocenters. The Morgan fingerprint density at radius 1 is 0.898 bits per heavy atom. The number of aromatic nitrogens is 1. The van der Waals surface area contributed by atoms with Gasteiger partial charge in [0.2, 0.25) is 0 Å². The molecule has 0 saturated carbocycles. The first-order valence-corrected chi connectivity index (χ1v) is 16.7. The Hall–Kier alpha value is -5.09. The van der Waals surface area contributed by atoms with E-state index in [-0.39, 0.29) is 30.0 Å². The van der Waals surface area contributed by atoms with Crippen molar-refractivity contribution in [3.8, 4) is 0 Å². The Bertz CT molecular complexity index is 1690.